The number of nitrogens with one attached hydrogen (secondary N) is 2. The molecular weight excluding hydrogens is 348 g/mol. The molecule has 0 spiro atoms. The van der Waals surface area contributed by atoms with Crippen LogP contribution in [-0.2, 0) is 34.1 Å². The molecular formula is C19H24N4O2S. The number of rotatable bonds is 8. The number of thioether (sulfide) groups is 1. The third kappa shape index (κ3) is 4.66. The van der Waals surface area contributed by atoms with Gasteiger partial charge in [-0.1, -0.05) is 37.3 Å². The van der Waals surface area contributed by atoms with Crippen molar-refractivity contribution in [2.75, 3.05) is 11.9 Å². The molecule has 2 aromatic rings. The van der Waals surface area contributed by atoms with E-state index in [2.05, 4.69) is 15.7 Å². The zero-order valence-corrected chi connectivity index (χ0v) is 15.8. The molecule has 3 rings (SSSR count). The monoisotopic (exact) mass is 372 g/mol. The van der Waals surface area contributed by atoms with Crippen molar-refractivity contribution in [3.05, 3.63) is 47.2 Å². The van der Waals surface area contributed by atoms with Crippen LogP contribution in [-0.4, -0.2) is 28.1 Å². The lowest BCUT2D eigenvalue weighted by molar-refractivity contribution is -0.122. The summed E-state index contributed by atoms with van der Waals surface area (Å²) in [5.41, 5.74) is 3.15. The van der Waals surface area contributed by atoms with Gasteiger partial charge in [0.05, 0.1) is 5.69 Å². The maximum absolute atomic E-state index is 12.4. The first-order valence-electron chi connectivity index (χ1n) is 8.94. The first-order valence-corrected chi connectivity index (χ1v) is 10.1. The number of aryl methyl sites for hydroxylation is 1. The van der Waals surface area contributed by atoms with E-state index in [0.29, 0.717) is 25.2 Å². The van der Waals surface area contributed by atoms with Crippen LogP contribution in [0.4, 0.5) is 5.82 Å². The second kappa shape index (κ2) is 8.89. The molecule has 6 nitrogen and oxygen atoms in total. The highest BCUT2D eigenvalue weighted by Gasteiger charge is 2.24. The minimum Gasteiger partial charge on any atom is -0.355 e. The number of amides is 2. The van der Waals surface area contributed by atoms with Crippen LogP contribution >= 0.6 is 11.8 Å². The Morgan fingerprint density at radius 2 is 2.00 bits per heavy atom. The number of fused-ring (bicyclic) bond motifs is 1. The molecule has 0 aliphatic carbocycles. The molecule has 2 amide bonds. The van der Waals surface area contributed by atoms with Crippen LogP contribution in [0.3, 0.4) is 0 Å². The van der Waals surface area contributed by atoms with E-state index in [1.54, 1.807) is 16.4 Å². The van der Waals surface area contributed by atoms with Crippen molar-refractivity contribution in [2.24, 2.45) is 0 Å². The summed E-state index contributed by atoms with van der Waals surface area (Å²) in [5.74, 6) is 2.19. The lowest BCUT2D eigenvalue weighted by atomic mass is 10.1. The fraction of sp³-hybridized carbons (Fsp3) is 0.421. The highest BCUT2D eigenvalue weighted by atomic mass is 32.2. The van der Waals surface area contributed by atoms with Gasteiger partial charge in [0, 0.05) is 30.0 Å². The molecule has 26 heavy (non-hydrogen) atoms. The van der Waals surface area contributed by atoms with E-state index in [4.69, 9.17) is 0 Å². The molecule has 2 heterocycles. The van der Waals surface area contributed by atoms with Crippen molar-refractivity contribution in [3.8, 4) is 0 Å². The number of carbonyl (C=O) groups is 2. The summed E-state index contributed by atoms with van der Waals surface area (Å²) in [6.45, 7) is 2.79. The molecule has 1 aromatic carbocycles. The van der Waals surface area contributed by atoms with Gasteiger partial charge in [-0.3, -0.25) is 9.59 Å². The molecule has 1 aliphatic heterocycles. The lowest BCUT2D eigenvalue weighted by Gasteiger charge is -2.11. The summed E-state index contributed by atoms with van der Waals surface area (Å²) >= 11 is 1.77. The summed E-state index contributed by atoms with van der Waals surface area (Å²) in [6.07, 6.45) is 1.98. The topological polar surface area (TPSA) is 76.0 Å². The Morgan fingerprint density at radius 1 is 1.19 bits per heavy atom. The molecule has 0 bridgehead atoms. The molecule has 0 fully saturated rings. The number of anilines is 1. The fourth-order valence-electron chi connectivity index (χ4n) is 2.87. The highest BCUT2D eigenvalue weighted by molar-refractivity contribution is 7.98. The van der Waals surface area contributed by atoms with Crippen molar-refractivity contribution >= 4 is 29.4 Å². The van der Waals surface area contributed by atoms with Crippen LogP contribution < -0.4 is 10.6 Å². The SMILES string of the molecule is CCCNC(=O)Cn1nc2c(c1NC(=O)CCc1ccccc1)CSC2. The largest absolute Gasteiger partial charge is 0.355 e. The van der Waals surface area contributed by atoms with Crippen LogP contribution in [0.2, 0.25) is 0 Å². The zero-order valence-electron chi connectivity index (χ0n) is 15.0. The lowest BCUT2D eigenvalue weighted by Crippen LogP contribution is -2.29. The second-order valence-corrected chi connectivity index (χ2v) is 7.29. The average molecular weight is 372 g/mol. The Hall–Kier alpha value is -2.28. The molecule has 0 saturated heterocycles. The molecule has 0 atom stereocenters. The number of hydrogen-bond donors (Lipinski definition) is 2. The smallest absolute Gasteiger partial charge is 0.241 e. The Labute approximate surface area is 157 Å². The van der Waals surface area contributed by atoms with Crippen LogP contribution in [0.5, 0.6) is 0 Å². The standard InChI is InChI=1S/C19H24N4O2S/c1-2-10-20-18(25)11-23-19(15-12-26-13-16(15)22-23)21-17(24)9-8-14-6-4-3-5-7-14/h3-7H,2,8-13H2,1H3,(H,20,25)(H,21,24). The Morgan fingerprint density at radius 3 is 2.77 bits per heavy atom. The van der Waals surface area contributed by atoms with Crippen molar-refractivity contribution in [1.29, 1.82) is 0 Å². The van der Waals surface area contributed by atoms with E-state index in [1.807, 2.05) is 37.3 Å². The van der Waals surface area contributed by atoms with E-state index in [0.717, 1.165) is 34.7 Å². The Bertz CT molecular complexity index is 773. The fourth-order valence-corrected chi connectivity index (χ4v) is 3.91. The maximum atomic E-state index is 12.4. The number of hydrogen-bond acceptors (Lipinski definition) is 4. The molecule has 1 aliphatic rings. The normalized spacial score (nSPS) is 12.7. The number of aromatic nitrogens is 2. The molecule has 0 saturated carbocycles. The van der Waals surface area contributed by atoms with Gasteiger partial charge in [-0.2, -0.15) is 16.9 Å². The summed E-state index contributed by atoms with van der Waals surface area (Å²) in [6, 6.07) is 9.95. The van der Waals surface area contributed by atoms with E-state index < -0.39 is 0 Å². The molecule has 7 heteroatoms. The molecule has 2 N–H and O–H groups in total. The van der Waals surface area contributed by atoms with Gasteiger partial charge >= 0.3 is 0 Å². The quantitative estimate of drug-likeness (QED) is 0.747. The zero-order chi connectivity index (χ0) is 18.4. The average Bonchev–Trinajstić information content (AvgIpc) is 3.22. The van der Waals surface area contributed by atoms with Gasteiger partial charge in [0.1, 0.15) is 12.4 Å². The Kier molecular flexibility index (Phi) is 6.33. The highest BCUT2D eigenvalue weighted by Crippen LogP contribution is 2.34. The Balaban J connectivity index is 1.65. The van der Waals surface area contributed by atoms with Gasteiger partial charge in [-0.05, 0) is 18.4 Å². The molecule has 0 radical (unpaired) electrons. The van der Waals surface area contributed by atoms with Gasteiger partial charge in [-0.25, -0.2) is 4.68 Å². The van der Waals surface area contributed by atoms with Crippen LogP contribution in [0.15, 0.2) is 30.3 Å². The predicted molar refractivity (Wildman–Crippen MR) is 104 cm³/mol. The summed E-state index contributed by atoms with van der Waals surface area (Å²) in [4.78, 5) is 24.5. The third-order valence-corrected chi connectivity index (χ3v) is 5.20. The first-order chi connectivity index (χ1) is 12.7. The first kappa shape index (κ1) is 18.5. The molecule has 0 unspecified atom stereocenters. The maximum Gasteiger partial charge on any atom is 0.241 e. The summed E-state index contributed by atoms with van der Waals surface area (Å²) in [7, 11) is 0. The summed E-state index contributed by atoms with van der Waals surface area (Å²) in [5, 5.41) is 10.4. The van der Waals surface area contributed by atoms with E-state index in [9.17, 15) is 9.59 Å². The predicted octanol–water partition coefficient (Wildman–Crippen LogP) is 2.73. The van der Waals surface area contributed by atoms with E-state index in [1.165, 1.54) is 0 Å². The van der Waals surface area contributed by atoms with Gasteiger partial charge < -0.3 is 10.6 Å². The van der Waals surface area contributed by atoms with Gasteiger partial charge in [-0.15, -0.1) is 0 Å². The van der Waals surface area contributed by atoms with E-state index >= 15 is 0 Å². The van der Waals surface area contributed by atoms with Gasteiger partial charge in [0.15, 0.2) is 0 Å². The molecule has 1 aromatic heterocycles. The van der Waals surface area contributed by atoms with Crippen LogP contribution in [0.25, 0.3) is 0 Å². The summed E-state index contributed by atoms with van der Waals surface area (Å²) < 4.78 is 1.63. The van der Waals surface area contributed by atoms with Crippen molar-refractivity contribution in [2.45, 2.75) is 44.2 Å². The number of benzene rings is 1. The number of carbonyl (C=O) groups excluding carboxylic acids is 2. The minimum atomic E-state index is -0.0829. The van der Waals surface area contributed by atoms with Gasteiger partial charge in [0.25, 0.3) is 0 Å². The van der Waals surface area contributed by atoms with E-state index in [-0.39, 0.29) is 18.4 Å². The molecule has 138 valence electrons. The van der Waals surface area contributed by atoms with Crippen molar-refractivity contribution in [1.82, 2.24) is 15.1 Å². The van der Waals surface area contributed by atoms with Crippen molar-refractivity contribution in [3.63, 3.8) is 0 Å². The van der Waals surface area contributed by atoms with Crippen LogP contribution in [0.1, 0.15) is 36.6 Å². The van der Waals surface area contributed by atoms with Crippen LogP contribution in [0, 0.1) is 0 Å². The second-order valence-electron chi connectivity index (χ2n) is 6.31. The van der Waals surface area contributed by atoms with Gasteiger partial charge in [0.2, 0.25) is 11.8 Å². The minimum absolute atomic E-state index is 0.0522. The number of nitrogens with zero attached hydrogens (tertiary/aromatic N) is 2. The third-order valence-electron chi connectivity index (χ3n) is 4.23. The van der Waals surface area contributed by atoms with Crippen molar-refractivity contribution < 1.29 is 9.59 Å².